The Morgan fingerprint density at radius 2 is 1.88 bits per heavy atom. The van der Waals surface area contributed by atoms with Crippen LogP contribution in [0.25, 0.3) is 0 Å². The normalized spacial score (nSPS) is 15.2. The Balaban J connectivity index is 1.88. The summed E-state index contributed by atoms with van der Waals surface area (Å²) in [5, 5.41) is 3.00. The highest BCUT2D eigenvalue weighted by molar-refractivity contribution is 6.35. The zero-order valence-electron chi connectivity index (χ0n) is 14.9. The van der Waals surface area contributed by atoms with Crippen molar-refractivity contribution in [1.29, 1.82) is 0 Å². The number of likely N-dealkylation sites (N-methyl/N-ethyl adjacent to an activating group) is 1. The number of hydrogen-bond donors (Lipinski definition) is 2. The van der Waals surface area contributed by atoms with E-state index in [0.29, 0.717) is 11.4 Å². The quantitative estimate of drug-likeness (QED) is 0.806. The van der Waals surface area contributed by atoms with Crippen LogP contribution in [0.15, 0.2) is 30.3 Å². The third kappa shape index (κ3) is 3.76. The minimum atomic E-state index is -0.436. The first kappa shape index (κ1) is 18.5. The predicted octanol–water partition coefficient (Wildman–Crippen LogP) is 3.37. The van der Waals surface area contributed by atoms with Gasteiger partial charge in [-0.2, -0.15) is 0 Å². The van der Waals surface area contributed by atoms with Crippen LogP contribution in [0, 0.1) is 12.7 Å². The van der Waals surface area contributed by atoms with Crippen LogP contribution in [0.2, 0.25) is 5.02 Å². The van der Waals surface area contributed by atoms with E-state index < -0.39 is 5.82 Å². The first-order valence-corrected chi connectivity index (χ1v) is 8.83. The summed E-state index contributed by atoms with van der Waals surface area (Å²) in [6, 6.07) is 8.10. The van der Waals surface area contributed by atoms with E-state index in [4.69, 9.17) is 17.3 Å². The van der Waals surface area contributed by atoms with Crippen LogP contribution < -0.4 is 16.0 Å². The Morgan fingerprint density at radius 1 is 1.19 bits per heavy atom. The van der Waals surface area contributed by atoms with Crippen molar-refractivity contribution in [3.63, 3.8) is 0 Å². The average Bonchev–Trinajstić information content (AvgIpc) is 2.61. The van der Waals surface area contributed by atoms with Crippen LogP contribution in [-0.4, -0.2) is 44.0 Å². The van der Waals surface area contributed by atoms with Crippen LogP contribution in [-0.2, 0) is 0 Å². The molecule has 1 fully saturated rings. The molecule has 0 atom stereocenters. The van der Waals surface area contributed by atoms with E-state index in [1.165, 1.54) is 12.1 Å². The summed E-state index contributed by atoms with van der Waals surface area (Å²) >= 11 is 6.15. The van der Waals surface area contributed by atoms with Gasteiger partial charge in [-0.05, 0) is 44.3 Å². The van der Waals surface area contributed by atoms with Crippen molar-refractivity contribution in [3.8, 4) is 0 Å². The number of nitrogens with zero attached hydrogens (tertiary/aromatic N) is 2. The Bertz CT molecular complexity index is 835. The molecule has 0 bridgehead atoms. The molecular formula is C19H22ClFN4O. The lowest BCUT2D eigenvalue weighted by Crippen LogP contribution is -2.44. The number of carbonyl (C=O) groups is 1. The number of nitrogens with one attached hydrogen (secondary N) is 1. The van der Waals surface area contributed by atoms with Crippen molar-refractivity contribution in [3.05, 3.63) is 52.3 Å². The molecule has 0 aromatic heterocycles. The molecule has 0 radical (unpaired) electrons. The maximum absolute atomic E-state index is 13.6. The van der Waals surface area contributed by atoms with Gasteiger partial charge in [0, 0.05) is 37.4 Å². The van der Waals surface area contributed by atoms with Gasteiger partial charge < -0.3 is 20.9 Å². The number of piperazine rings is 1. The molecule has 3 rings (SSSR count). The largest absolute Gasteiger partial charge is 0.399 e. The van der Waals surface area contributed by atoms with E-state index in [2.05, 4.69) is 22.2 Å². The lowest BCUT2D eigenvalue weighted by Gasteiger charge is -2.35. The smallest absolute Gasteiger partial charge is 0.257 e. The molecule has 7 heteroatoms. The first-order valence-electron chi connectivity index (χ1n) is 8.46. The number of benzene rings is 2. The molecule has 1 aliphatic rings. The average molecular weight is 377 g/mol. The van der Waals surface area contributed by atoms with E-state index in [1.54, 1.807) is 13.0 Å². The lowest BCUT2D eigenvalue weighted by molar-refractivity contribution is 0.102. The van der Waals surface area contributed by atoms with Crippen LogP contribution in [0.5, 0.6) is 0 Å². The molecule has 1 aliphatic heterocycles. The van der Waals surface area contributed by atoms with Gasteiger partial charge in [-0.3, -0.25) is 4.79 Å². The van der Waals surface area contributed by atoms with Gasteiger partial charge in [0.15, 0.2) is 0 Å². The molecule has 26 heavy (non-hydrogen) atoms. The summed E-state index contributed by atoms with van der Waals surface area (Å²) in [5.41, 5.74) is 8.49. The molecule has 0 unspecified atom stereocenters. The van der Waals surface area contributed by atoms with Gasteiger partial charge in [-0.25, -0.2) is 4.39 Å². The molecule has 138 valence electrons. The number of nitrogen functional groups attached to an aromatic ring is 1. The number of rotatable bonds is 3. The number of hydrogen-bond acceptors (Lipinski definition) is 4. The van der Waals surface area contributed by atoms with Crippen LogP contribution in [0.1, 0.15) is 15.9 Å². The monoisotopic (exact) mass is 376 g/mol. The van der Waals surface area contributed by atoms with Crippen molar-refractivity contribution in [2.75, 3.05) is 49.2 Å². The van der Waals surface area contributed by atoms with Gasteiger partial charge in [0.05, 0.1) is 22.0 Å². The van der Waals surface area contributed by atoms with E-state index in [1.807, 2.05) is 12.1 Å². The molecule has 0 saturated carbocycles. The number of nitrogens with two attached hydrogens (primary N) is 1. The predicted molar refractivity (Wildman–Crippen MR) is 105 cm³/mol. The molecule has 2 aromatic carbocycles. The number of carbonyl (C=O) groups excluding carboxylic acids is 1. The molecular weight excluding hydrogens is 355 g/mol. The molecule has 0 spiro atoms. The third-order valence-electron chi connectivity index (χ3n) is 4.68. The fraction of sp³-hybridized carbons (Fsp3) is 0.316. The van der Waals surface area contributed by atoms with Gasteiger partial charge in [0.25, 0.3) is 5.91 Å². The van der Waals surface area contributed by atoms with E-state index in [0.717, 1.165) is 31.9 Å². The maximum Gasteiger partial charge on any atom is 0.257 e. The highest BCUT2D eigenvalue weighted by Crippen LogP contribution is 2.31. The van der Waals surface area contributed by atoms with Crippen LogP contribution >= 0.6 is 11.6 Å². The number of amides is 1. The van der Waals surface area contributed by atoms with Crippen molar-refractivity contribution in [2.24, 2.45) is 0 Å². The third-order valence-corrected chi connectivity index (χ3v) is 5.16. The molecule has 1 saturated heterocycles. The van der Waals surface area contributed by atoms with Crippen LogP contribution in [0.3, 0.4) is 0 Å². The summed E-state index contributed by atoms with van der Waals surface area (Å²) in [6.45, 7) is 5.16. The SMILES string of the molecule is Cc1c(F)ccc(C(=O)Nc2cc(N)ccc2N2CCN(C)CC2)c1Cl. The lowest BCUT2D eigenvalue weighted by atomic mass is 10.1. The summed E-state index contributed by atoms with van der Waals surface area (Å²) < 4.78 is 13.6. The van der Waals surface area contributed by atoms with Gasteiger partial charge in [0.2, 0.25) is 0 Å². The van der Waals surface area contributed by atoms with Gasteiger partial charge in [-0.15, -0.1) is 0 Å². The molecule has 1 heterocycles. The Labute approximate surface area is 157 Å². The maximum atomic E-state index is 13.6. The molecule has 0 aliphatic carbocycles. The molecule has 2 aromatic rings. The van der Waals surface area contributed by atoms with E-state index in [9.17, 15) is 9.18 Å². The first-order chi connectivity index (χ1) is 12.4. The van der Waals surface area contributed by atoms with Gasteiger partial charge in [0.1, 0.15) is 5.82 Å². The summed E-state index contributed by atoms with van der Waals surface area (Å²) in [4.78, 5) is 17.2. The standard InChI is InChI=1S/C19H22ClFN4O/c1-12-15(21)5-4-14(18(12)20)19(26)23-16-11-13(22)3-6-17(16)25-9-7-24(2)8-10-25/h3-6,11H,7-10,22H2,1-2H3,(H,23,26). The van der Waals surface area contributed by atoms with Crippen molar-refractivity contribution >= 4 is 34.6 Å². The highest BCUT2D eigenvalue weighted by atomic mass is 35.5. The van der Waals surface area contributed by atoms with Crippen molar-refractivity contribution in [2.45, 2.75) is 6.92 Å². The van der Waals surface area contributed by atoms with E-state index in [-0.39, 0.29) is 22.1 Å². The summed E-state index contributed by atoms with van der Waals surface area (Å²) in [7, 11) is 2.09. The Kier molecular flexibility index (Phi) is 5.34. The molecule has 3 N–H and O–H groups in total. The number of halogens is 2. The molecule has 1 amide bonds. The zero-order valence-corrected chi connectivity index (χ0v) is 15.6. The van der Waals surface area contributed by atoms with Crippen molar-refractivity contribution < 1.29 is 9.18 Å². The second kappa shape index (κ2) is 7.51. The van der Waals surface area contributed by atoms with Gasteiger partial charge in [-0.1, -0.05) is 11.6 Å². The fourth-order valence-electron chi connectivity index (χ4n) is 3.00. The van der Waals surface area contributed by atoms with E-state index >= 15 is 0 Å². The fourth-order valence-corrected chi connectivity index (χ4v) is 3.24. The Hall–Kier alpha value is -2.31. The number of anilines is 3. The second-order valence-corrected chi connectivity index (χ2v) is 6.93. The molecule has 5 nitrogen and oxygen atoms in total. The van der Waals surface area contributed by atoms with Gasteiger partial charge >= 0.3 is 0 Å². The zero-order chi connectivity index (χ0) is 18.8. The topological polar surface area (TPSA) is 61.6 Å². The highest BCUT2D eigenvalue weighted by Gasteiger charge is 2.20. The minimum Gasteiger partial charge on any atom is -0.399 e. The summed E-state index contributed by atoms with van der Waals surface area (Å²) in [5.74, 6) is -0.826. The van der Waals surface area contributed by atoms with Crippen molar-refractivity contribution in [1.82, 2.24) is 4.90 Å². The second-order valence-electron chi connectivity index (χ2n) is 6.55. The van der Waals surface area contributed by atoms with Crippen LogP contribution in [0.4, 0.5) is 21.5 Å². The summed E-state index contributed by atoms with van der Waals surface area (Å²) in [6.07, 6.45) is 0. The Morgan fingerprint density at radius 3 is 2.58 bits per heavy atom. The minimum absolute atomic E-state index is 0.118.